The lowest BCUT2D eigenvalue weighted by atomic mass is 9.47. The predicted molar refractivity (Wildman–Crippen MR) is 175 cm³/mol. The van der Waals surface area contributed by atoms with Crippen LogP contribution in [0.2, 0.25) is 0 Å². The molecule has 0 aliphatic heterocycles. The van der Waals surface area contributed by atoms with Gasteiger partial charge in [0.15, 0.2) is 0 Å². The molecule has 0 radical (unpaired) electrons. The summed E-state index contributed by atoms with van der Waals surface area (Å²) in [5, 5.41) is 2.49. The molecule has 2 nitrogen and oxygen atoms in total. The first-order chi connectivity index (χ1) is 20.2. The van der Waals surface area contributed by atoms with Crippen molar-refractivity contribution in [3.63, 3.8) is 0 Å². The van der Waals surface area contributed by atoms with Crippen molar-refractivity contribution in [2.45, 2.75) is 124 Å². The minimum absolute atomic E-state index is 0.0289. The van der Waals surface area contributed by atoms with Crippen LogP contribution in [0.15, 0.2) is 54.1 Å². The molecule has 3 saturated carbocycles. The van der Waals surface area contributed by atoms with Crippen molar-refractivity contribution in [2.75, 3.05) is 0 Å². The quantitative estimate of drug-likeness (QED) is 0.222. The van der Waals surface area contributed by atoms with Crippen LogP contribution in [0.3, 0.4) is 0 Å². The van der Waals surface area contributed by atoms with Crippen LogP contribution in [0.5, 0.6) is 0 Å². The zero-order valence-electron chi connectivity index (χ0n) is 27.2. The summed E-state index contributed by atoms with van der Waals surface area (Å²) in [5.41, 5.74) is 3.70. The summed E-state index contributed by atoms with van der Waals surface area (Å²) in [6.07, 6.45) is 18.2. The van der Waals surface area contributed by atoms with Crippen LogP contribution in [-0.2, 0) is 16.0 Å². The number of aryl methyl sites for hydroxylation is 1. The monoisotopic (exact) mass is 568 g/mol. The van der Waals surface area contributed by atoms with Crippen molar-refractivity contribution < 1.29 is 9.53 Å². The average molecular weight is 569 g/mol. The molecule has 6 rings (SSSR count). The first-order valence-corrected chi connectivity index (χ1v) is 17.5. The molecule has 0 saturated heterocycles. The normalized spacial score (nSPS) is 34.8. The Labute approximate surface area is 256 Å². The highest BCUT2D eigenvalue weighted by Gasteiger charge is 2.59. The third-order valence-electron chi connectivity index (χ3n) is 13.0. The highest BCUT2D eigenvalue weighted by atomic mass is 16.5. The van der Waals surface area contributed by atoms with E-state index in [2.05, 4.69) is 83.2 Å². The second kappa shape index (κ2) is 12.1. The molecule has 2 heteroatoms. The first-order valence-electron chi connectivity index (χ1n) is 17.5. The van der Waals surface area contributed by atoms with Gasteiger partial charge in [0.05, 0.1) is 0 Å². The van der Waals surface area contributed by atoms with Gasteiger partial charge in [0.2, 0.25) is 0 Å². The zero-order valence-corrected chi connectivity index (χ0v) is 27.2. The number of hydrogen-bond donors (Lipinski definition) is 0. The molecule has 0 amide bonds. The largest absolute Gasteiger partial charge is 0.462 e. The number of carbonyl (C=O) groups is 1. The van der Waals surface area contributed by atoms with E-state index in [1.54, 1.807) is 5.57 Å². The Morgan fingerprint density at radius 3 is 2.57 bits per heavy atom. The molecule has 4 aliphatic carbocycles. The van der Waals surface area contributed by atoms with E-state index in [9.17, 15) is 4.79 Å². The van der Waals surface area contributed by atoms with E-state index >= 15 is 0 Å². The van der Waals surface area contributed by atoms with Crippen molar-refractivity contribution in [3.05, 3.63) is 59.7 Å². The van der Waals surface area contributed by atoms with Crippen LogP contribution in [0.1, 0.15) is 117 Å². The van der Waals surface area contributed by atoms with E-state index < -0.39 is 0 Å². The Kier molecular flexibility index (Phi) is 8.65. The molecular formula is C40H56O2. The minimum atomic E-state index is -0.0289. The summed E-state index contributed by atoms with van der Waals surface area (Å²) in [6.45, 7) is 12.6. The van der Waals surface area contributed by atoms with Gasteiger partial charge < -0.3 is 4.74 Å². The summed E-state index contributed by atoms with van der Waals surface area (Å²) >= 11 is 0. The fraction of sp³-hybridized carbons (Fsp3) is 0.675. The maximum absolute atomic E-state index is 13.0. The fourth-order valence-electron chi connectivity index (χ4n) is 10.7. The van der Waals surface area contributed by atoms with Gasteiger partial charge >= 0.3 is 5.97 Å². The summed E-state index contributed by atoms with van der Waals surface area (Å²) in [5.74, 6) is 5.15. The highest BCUT2D eigenvalue weighted by molar-refractivity contribution is 5.86. The summed E-state index contributed by atoms with van der Waals surface area (Å²) in [4.78, 5) is 13.0. The Morgan fingerprint density at radius 2 is 1.74 bits per heavy atom. The Balaban J connectivity index is 1.06. The smallest absolute Gasteiger partial charge is 0.306 e. The number of ether oxygens (including phenoxy) is 1. The van der Waals surface area contributed by atoms with Crippen molar-refractivity contribution in [1.29, 1.82) is 0 Å². The van der Waals surface area contributed by atoms with Crippen molar-refractivity contribution in [2.24, 2.45) is 46.3 Å². The number of hydrogen-bond acceptors (Lipinski definition) is 2. The SMILES string of the molecule is CC(C)CCC[C@@H](C)[C@H]1CC[C@H]2[C@@H]3CC=C4CC(OC(=O)CCc5cccc6ccccc56)CC[C@]4(C)[C@H]3CC[C@]12C. The lowest BCUT2D eigenvalue weighted by Gasteiger charge is -2.58. The molecule has 0 aromatic heterocycles. The summed E-state index contributed by atoms with van der Waals surface area (Å²) < 4.78 is 6.15. The summed E-state index contributed by atoms with van der Waals surface area (Å²) in [6, 6.07) is 14.9. The molecule has 0 heterocycles. The molecule has 1 unspecified atom stereocenters. The van der Waals surface area contributed by atoms with Crippen LogP contribution >= 0.6 is 0 Å². The predicted octanol–water partition coefficient (Wildman–Crippen LogP) is 10.7. The lowest BCUT2D eigenvalue weighted by molar-refractivity contribution is -0.151. The second-order valence-corrected chi connectivity index (χ2v) is 15.8. The third kappa shape index (κ3) is 5.61. The van der Waals surface area contributed by atoms with Crippen LogP contribution in [0.25, 0.3) is 10.8 Å². The molecule has 3 fully saturated rings. The van der Waals surface area contributed by atoms with E-state index in [0.29, 0.717) is 17.3 Å². The topological polar surface area (TPSA) is 26.3 Å². The number of rotatable bonds is 9. The highest BCUT2D eigenvalue weighted by Crippen LogP contribution is 2.67. The Bertz CT molecular complexity index is 1280. The minimum Gasteiger partial charge on any atom is -0.462 e. The van der Waals surface area contributed by atoms with Gasteiger partial charge in [0, 0.05) is 12.8 Å². The van der Waals surface area contributed by atoms with Crippen molar-refractivity contribution in [3.8, 4) is 0 Å². The molecule has 0 bridgehead atoms. The van der Waals surface area contributed by atoms with E-state index in [-0.39, 0.29) is 12.1 Å². The third-order valence-corrected chi connectivity index (χ3v) is 13.0. The van der Waals surface area contributed by atoms with Crippen LogP contribution in [0.4, 0.5) is 0 Å². The molecule has 228 valence electrons. The second-order valence-electron chi connectivity index (χ2n) is 15.8. The molecule has 42 heavy (non-hydrogen) atoms. The molecule has 8 atom stereocenters. The van der Waals surface area contributed by atoms with Gasteiger partial charge in [-0.1, -0.05) is 108 Å². The van der Waals surface area contributed by atoms with E-state index in [0.717, 1.165) is 54.8 Å². The Morgan fingerprint density at radius 1 is 0.929 bits per heavy atom. The van der Waals surface area contributed by atoms with E-state index in [1.807, 2.05) is 0 Å². The van der Waals surface area contributed by atoms with Crippen LogP contribution in [0, 0.1) is 46.3 Å². The zero-order chi connectivity index (χ0) is 29.5. The molecule has 4 aliphatic rings. The number of esters is 1. The molecule has 2 aromatic carbocycles. The number of carbonyl (C=O) groups excluding carboxylic acids is 1. The standard InChI is InChI=1S/C40H56O2/c1-27(2)10-8-11-28(3)35-19-20-36-34-18-17-31-26-32(22-24-39(31,4)37(34)23-25-40(35,36)5)42-38(41)21-16-30-14-9-13-29-12-6-7-15-33(29)30/h6-7,9,12-15,17,27-28,32,34-37H,8,10-11,16,18-26H2,1-5H3/t28-,32?,34+,35-,36+,37+,39+,40-/m1/s1. The van der Waals surface area contributed by atoms with Gasteiger partial charge in [-0.2, -0.15) is 0 Å². The van der Waals surface area contributed by atoms with Gasteiger partial charge in [0.25, 0.3) is 0 Å². The van der Waals surface area contributed by atoms with Crippen molar-refractivity contribution >= 4 is 16.7 Å². The van der Waals surface area contributed by atoms with Gasteiger partial charge in [-0.25, -0.2) is 0 Å². The number of allylic oxidation sites excluding steroid dienone is 1. The van der Waals surface area contributed by atoms with Gasteiger partial charge in [0.1, 0.15) is 6.10 Å². The number of benzene rings is 2. The Hall–Kier alpha value is -2.09. The van der Waals surface area contributed by atoms with Crippen LogP contribution in [-0.4, -0.2) is 12.1 Å². The molecule has 0 spiro atoms. The maximum Gasteiger partial charge on any atom is 0.306 e. The molecule has 0 N–H and O–H groups in total. The maximum atomic E-state index is 13.0. The van der Waals surface area contributed by atoms with Crippen LogP contribution < -0.4 is 0 Å². The van der Waals surface area contributed by atoms with Crippen molar-refractivity contribution in [1.82, 2.24) is 0 Å². The summed E-state index contributed by atoms with van der Waals surface area (Å²) in [7, 11) is 0. The van der Waals surface area contributed by atoms with Gasteiger partial charge in [-0.05, 0) is 114 Å². The van der Waals surface area contributed by atoms with E-state index in [4.69, 9.17) is 4.74 Å². The lowest BCUT2D eigenvalue weighted by Crippen LogP contribution is -2.51. The van der Waals surface area contributed by atoms with E-state index in [1.165, 1.54) is 74.1 Å². The molecule has 2 aromatic rings. The fourth-order valence-corrected chi connectivity index (χ4v) is 10.7. The molecular weight excluding hydrogens is 512 g/mol. The van der Waals surface area contributed by atoms with Gasteiger partial charge in [-0.15, -0.1) is 0 Å². The first kappa shape index (κ1) is 30.0. The number of fused-ring (bicyclic) bond motifs is 6. The van der Waals surface area contributed by atoms with Gasteiger partial charge in [-0.3, -0.25) is 4.79 Å². The average Bonchev–Trinajstić information content (AvgIpc) is 3.33.